The summed E-state index contributed by atoms with van der Waals surface area (Å²) in [5.74, 6) is 2.19. The number of hydrogen-bond acceptors (Lipinski definition) is 5. The van der Waals surface area contributed by atoms with Crippen molar-refractivity contribution in [3.05, 3.63) is 5.82 Å². The summed E-state index contributed by atoms with van der Waals surface area (Å²) in [7, 11) is 0. The van der Waals surface area contributed by atoms with Gasteiger partial charge in [-0.1, -0.05) is 6.42 Å². The summed E-state index contributed by atoms with van der Waals surface area (Å²) in [6.07, 6.45) is 3.85. The van der Waals surface area contributed by atoms with Crippen LogP contribution in [0.15, 0.2) is 0 Å². The zero-order valence-corrected chi connectivity index (χ0v) is 8.33. The second-order valence-corrected chi connectivity index (χ2v) is 4.94. The molecule has 0 saturated carbocycles. The van der Waals surface area contributed by atoms with E-state index in [9.17, 15) is 0 Å². The van der Waals surface area contributed by atoms with Gasteiger partial charge in [0, 0.05) is 11.5 Å². The van der Waals surface area contributed by atoms with E-state index in [0.717, 1.165) is 5.82 Å². The van der Waals surface area contributed by atoms with Crippen molar-refractivity contribution in [2.24, 2.45) is 0 Å². The van der Waals surface area contributed by atoms with E-state index in [1.165, 1.54) is 36.5 Å². The number of nitrogen functional groups attached to an aromatic ring is 1. The minimum atomic E-state index is 0.507. The van der Waals surface area contributed by atoms with Gasteiger partial charge in [0.1, 0.15) is 0 Å². The smallest absolute Gasteiger partial charge is 0.199 e. The number of hydrogen-bond donors (Lipinski definition) is 1. The van der Waals surface area contributed by atoms with Crippen molar-refractivity contribution in [1.29, 1.82) is 0 Å². The zero-order chi connectivity index (χ0) is 8.39. The molecule has 1 fully saturated rings. The molecule has 3 nitrogen and oxygen atoms in total. The quantitative estimate of drug-likeness (QED) is 0.755. The molecule has 0 radical (unpaired) electrons. The SMILES string of the molecule is Nc1nc(C2CCCCS2)ns1. The molecule has 1 aliphatic rings. The number of nitrogens with zero attached hydrogens (tertiary/aromatic N) is 2. The van der Waals surface area contributed by atoms with E-state index in [0.29, 0.717) is 10.4 Å². The first-order valence-corrected chi connectivity index (χ1v) is 5.89. The van der Waals surface area contributed by atoms with Gasteiger partial charge in [-0.3, -0.25) is 0 Å². The van der Waals surface area contributed by atoms with Crippen molar-refractivity contribution in [3.63, 3.8) is 0 Å². The Hall–Kier alpha value is -0.290. The highest BCUT2D eigenvalue weighted by atomic mass is 32.2. The molecule has 5 heteroatoms. The molecule has 2 N–H and O–H groups in total. The van der Waals surface area contributed by atoms with E-state index >= 15 is 0 Å². The lowest BCUT2D eigenvalue weighted by Crippen LogP contribution is -2.03. The molecule has 0 amide bonds. The van der Waals surface area contributed by atoms with Crippen LogP contribution < -0.4 is 5.73 Å². The number of aromatic nitrogens is 2. The average Bonchev–Trinajstić information content (AvgIpc) is 2.54. The normalized spacial score (nSPS) is 24.2. The van der Waals surface area contributed by atoms with Gasteiger partial charge in [-0.25, -0.2) is 4.98 Å². The number of anilines is 1. The third-order valence-corrected chi connectivity index (χ3v) is 3.86. The third-order valence-electron chi connectivity index (χ3n) is 1.93. The summed E-state index contributed by atoms with van der Waals surface area (Å²) in [6.45, 7) is 0. The fraction of sp³-hybridized carbons (Fsp3) is 0.714. The fourth-order valence-electron chi connectivity index (χ4n) is 1.32. The van der Waals surface area contributed by atoms with Crippen molar-refractivity contribution in [1.82, 2.24) is 9.36 Å². The largest absolute Gasteiger partial charge is 0.374 e. The number of nitrogens with two attached hydrogens (primary N) is 1. The summed E-state index contributed by atoms with van der Waals surface area (Å²) >= 11 is 3.26. The van der Waals surface area contributed by atoms with Crippen LogP contribution in [0, 0.1) is 0 Å². The monoisotopic (exact) mass is 201 g/mol. The van der Waals surface area contributed by atoms with Crippen LogP contribution in [0.25, 0.3) is 0 Å². The van der Waals surface area contributed by atoms with Gasteiger partial charge in [-0.15, -0.1) is 0 Å². The lowest BCUT2D eigenvalue weighted by molar-refractivity contribution is 0.669. The van der Waals surface area contributed by atoms with Crippen molar-refractivity contribution in [2.75, 3.05) is 11.5 Å². The molecule has 1 aliphatic heterocycles. The van der Waals surface area contributed by atoms with Crippen molar-refractivity contribution in [2.45, 2.75) is 24.5 Å². The van der Waals surface area contributed by atoms with Crippen molar-refractivity contribution >= 4 is 28.4 Å². The molecule has 0 spiro atoms. The highest BCUT2D eigenvalue weighted by Crippen LogP contribution is 2.37. The van der Waals surface area contributed by atoms with Gasteiger partial charge in [-0.2, -0.15) is 16.1 Å². The van der Waals surface area contributed by atoms with Crippen molar-refractivity contribution in [3.8, 4) is 0 Å². The molecule has 1 atom stereocenters. The van der Waals surface area contributed by atoms with Gasteiger partial charge in [0.05, 0.1) is 5.25 Å². The van der Waals surface area contributed by atoms with Gasteiger partial charge in [0.25, 0.3) is 0 Å². The molecule has 1 unspecified atom stereocenters. The zero-order valence-electron chi connectivity index (χ0n) is 6.69. The summed E-state index contributed by atoms with van der Waals surface area (Å²) in [5, 5.41) is 1.10. The molecule has 1 saturated heterocycles. The second-order valence-electron chi connectivity index (χ2n) is 2.85. The first kappa shape index (κ1) is 8.31. The molecular formula is C7H11N3S2. The molecule has 1 aromatic rings. The lowest BCUT2D eigenvalue weighted by atomic mass is 10.2. The minimum absolute atomic E-state index is 0.507. The van der Waals surface area contributed by atoms with E-state index in [-0.39, 0.29) is 0 Å². The summed E-state index contributed by atoms with van der Waals surface area (Å²) in [5.41, 5.74) is 5.52. The van der Waals surface area contributed by atoms with Crippen LogP contribution in [0.5, 0.6) is 0 Å². The van der Waals surface area contributed by atoms with E-state index in [1.54, 1.807) is 0 Å². The van der Waals surface area contributed by atoms with E-state index in [4.69, 9.17) is 5.73 Å². The Labute approximate surface area is 79.9 Å². The second kappa shape index (κ2) is 3.62. The number of rotatable bonds is 1. The van der Waals surface area contributed by atoms with Gasteiger partial charge < -0.3 is 5.73 Å². The predicted octanol–water partition coefficient (Wildman–Crippen LogP) is 2.08. The van der Waals surface area contributed by atoms with Crippen LogP contribution in [0.3, 0.4) is 0 Å². The van der Waals surface area contributed by atoms with E-state index in [2.05, 4.69) is 9.36 Å². The van der Waals surface area contributed by atoms with Crippen LogP contribution in [-0.4, -0.2) is 15.1 Å². The Morgan fingerprint density at radius 2 is 2.33 bits per heavy atom. The molecule has 66 valence electrons. The van der Waals surface area contributed by atoms with Crippen molar-refractivity contribution < 1.29 is 0 Å². The van der Waals surface area contributed by atoms with Gasteiger partial charge in [0.2, 0.25) is 0 Å². The molecule has 2 heterocycles. The Balaban J connectivity index is 2.08. The van der Waals surface area contributed by atoms with Gasteiger partial charge in [0.15, 0.2) is 11.0 Å². The van der Waals surface area contributed by atoms with Crippen LogP contribution in [0.1, 0.15) is 30.3 Å². The van der Waals surface area contributed by atoms with Gasteiger partial charge >= 0.3 is 0 Å². The predicted molar refractivity (Wildman–Crippen MR) is 53.4 cm³/mol. The summed E-state index contributed by atoms with van der Waals surface area (Å²) in [4.78, 5) is 4.20. The van der Waals surface area contributed by atoms with E-state index in [1.807, 2.05) is 11.8 Å². The third kappa shape index (κ3) is 1.72. The van der Waals surface area contributed by atoms with Gasteiger partial charge in [-0.05, 0) is 18.6 Å². The maximum Gasteiger partial charge on any atom is 0.199 e. The van der Waals surface area contributed by atoms with Crippen LogP contribution in [0.4, 0.5) is 5.13 Å². The van der Waals surface area contributed by atoms with Crippen LogP contribution >= 0.6 is 23.3 Å². The Morgan fingerprint density at radius 1 is 1.42 bits per heavy atom. The molecule has 0 bridgehead atoms. The van der Waals surface area contributed by atoms with Crippen LogP contribution in [0.2, 0.25) is 0 Å². The Bertz CT molecular complexity index is 255. The lowest BCUT2D eigenvalue weighted by Gasteiger charge is -2.17. The summed E-state index contributed by atoms with van der Waals surface area (Å²) < 4.78 is 4.22. The first-order chi connectivity index (χ1) is 5.86. The molecule has 0 aliphatic carbocycles. The molecule has 12 heavy (non-hydrogen) atoms. The molecule has 1 aromatic heterocycles. The standard InChI is InChI=1S/C7H11N3S2/c8-7-9-6(10-12-7)5-3-1-2-4-11-5/h5H,1-4H2,(H2,8,9,10). The Kier molecular flexibility index (Phi) is 2.51. The maximum atomic E-state index is 5.52. The minimum Gasteiger partial charge on any atom is -0.374 e. The highest BCUT2D eigenvalue weighted by Gasteiger charge is 2.19. The summed E-state index contributed by atoms with van der Waals surface area (Å²) in [6, 6.07) is 0. The highest BCUT2D eigenvalue weighted by molar-refractivity contribution is 7.99. The maximum absolute atomic E-state index is 5.52. The number of thioether (sulfide) groups is 1. The molecule has 0 aromatic carbocycles. The molecular weight excluding hydrogens is 190 g/mol. The first-order valence-electron chi connectivity index (χ1n) is 4.07. The average molecular weight is 201 g/mol. The van der Waals surface area contributed by atoms with Crippen LogP contribution in [-0.2, 0) is 0 Å². The fourth-order valence-corrected chi connectivity index (χ4v) is 3.12. The molecule has 2 rings (SSSR count). The van der Waals surface area contributed by atoms with E-state index < -0.39 is 0 Å². The Morgan fingerprint density at radius 3 is 2.92 bits per heavy atom. The topological polar surface area (TPSA) is 51.8 Å².